The first kappa shape index (κ1) is 41.3. The van der Waals surface area contributed by atoms with Crippen molar-refractivity contribution >= 4 is 28.6 Å². The molecular formula is C37H63IO11. The molecule has 6 N–H and O–H groups in total. The fourth-order valence-electron chi connectivity index (χ4n) is 9.34. The van der Waals surface area contributed by atoms with Gasteiger partial charge in [-0.25, -0.2) is 0 Å². The molecule has 3 aliphatic heterocycles. The van der Waals surface area contributed by atoms with Crippen LogP contribution in [-0.2, 0) is 23.7 Å². The van der Waals surface area contributed by atoms with Crippen LogP contribution >= 0.6 is 22.6 Å². The average molecular weight is 811 g/mol. The second-order valence-electron chi connectivity index (χ2n) is 16.2. The summed E-state index contributed by atoms with van der Waals surface area (Å²) in [5, 5.41) is 64.1. The van der Waals surface area contributed by atoms with Gasteiger partial charge in [-0.1, -0.05) is 56.4 Å². The van der Waals surface area contributed by atoms with E-state index in [1.54, 1.807) is 6.92 Å². The number of fused-ring (bicyclic) bond motifs is 3. The van der Waals surface area contributed by atoms with Gasteiger partial charge in [0.1, 0.15) is 24.4 Å². The molecule has 284 valence electrons. The Hall–Kier alpha value is -0.420. The van der Waals surface area contributed by atoms with Crippen molar-refractivity contribution in [3.8, 4) is 0 Å². The number of rotatable bonds is 15. The van der Waals surface area contributed by atoms with Gasteiger partial charge in [0.2, 0.25) is 0 Å². The quantitative estimate of drug-likeness (QED) is 0.0358. The highest BCUT2D eigenvalue weighted by Crippen LogP contribution is 2.53. The minimum Gasteiger partial charge on any atom is -0.469 e. The van der Waals surface area contributed by atoms with Crippen molar-refractivity contribution in [2.24, 2.45) is 34.5 Å². The maximum Gasteiger partial charge on any atom is 0.305 e. The number of carbonyl (C=O) groups is 1. The summed E-state index contributed by atoms with van der Waals surface area (Å²) >= 11 is 2.53. The van der Waals surface area contributed by atoms with Crippen LogP contribution in [0.2, 0.25) is 0 Å². The number of unbranched alkanes of at least 4 members (excludes halogenated alkanes) is 1. The molecule has 0 aromatic rings. The predicted molar refractivity (Wildman–Crippen MR) is 192 cm³/mol. The predicted octanol–water partition coefficient (Wildman–Crippen LogP) is 3.31. The van der Waals surface area contributed by atoms with E-state index in [2.05, 4.69) is 49.9 Å². The highest BCUT2D eigenvalue weighted by atomic mass is 127. The van der Waals surface area contributed by atoms with Gasteiger partial charge in [0.05, 0.1) is 56.9 Å². The Bertz CT molecular complexity index is 1080. The molecule has 2 saturated carbocycles. The molecule has 6 unspecified atom stereocenters. The maximum atomic E-state index is 11.6. The fraction of sp³-hybridized carbons (Fsp3) is 0.919. The number of aliphatic hydroxyl groups is 6. The van der Waals surface area contributed by atoms with Gasteiger partial charge in [-0.05, 0) is 86.5 Å². The first-order valence-electron chi connectivity index (χ1n) is 18.4. The molecule has 2 aliphatic carbocycles. The van der Waals surface area contributed by atoms with E-state index in [1.165, 1.54) is 7.11 Å². The van der Waals surface area contributed by atoms with Crippen LogP contribution in [0.4, 0.5) is 0 Å². The average Bonchev–Trinajstić information content (AvgIpc) is 3.38. The lowest BCUT2D eigenvalue weighted by atomic mass is 9.61. The number of methoxy groups -OCH3 is 1. The van der Waals surface area contributed by atoms with Gasteiger partial charge < -0.3 is 49.6 Å². The Labute approximate surface area is 306 Å². The summed E-state index contributed by atoms with van der Waals surface area (Å²) in [5.41, 5.74) is 1.20. The zero-order valence-electron chi connectivity index (χ0n) is 30.1. The van der Waals surface area contributed by atoms with Crippen molar-refractivity contribution in [1.29, 1.82) is 0 Å². The van der Waals surface area contributed by atoms with Crippen LogP contribution in [0.15, 0.2) is 12.2 Å². The summed E-state index contributed by atoms with van der Waals surface area (Å²) in [5.74, 6) is -0.990. The monoisotopic (exact) mass is 810 g/mol. The first-order valence-corrected chi connectivity index (χ1v) is 19.9. The molecule has 12 heteroatoms. The highest BCUT2D eigenvalue weighted by Gasteiger charge is 2.60. The number of halogens is 1. The number of carbonyl (C=O) groups excluding carboxylic acids is 1. The number of hydrogen-bond donors (Lipinski definition) is 6. The lowest BCUT2D eigenvalue weighted by Gasteiger charge is -2.50. The van der Waals surface area contributed by atoms with Crippen LogP contribution in [-0.4, -0.2) is 122 Å². The summed E-state index contributed by atoms with van der Waals surface area (Å²) in [6.07, 6.45) is -1.45. The molecule has 5 aliphatic rings. The van der Waals surface area contributed by atoms with E-state index in [0.29, 0.717) is 18.8 Å². The summed E-state index contributed by atoms with van der Waals surface area (Å²) in [6, 6.07) is 0. The first-order chi connectivity index (χ1) is 23.1. The van der Waals surface area contributed by atoms with Crippen molar-refractivity contribution in [3.63, 3.8) is 0 Å². The topological polar surface area (TPSA) is 175 Å². The SMILES string of the molecule is C=C1CC(CC)(CI)[C@H](CC(C)(C)CCCCC(=O)OC)CC[C@@H]1OC[C@@H]1O[C@H](C(C)O)C2CC([C@@H]2O)[C@H]1[C@@H]1O[C@@H](CO)[C@@H](O)C(O)C1O. The summed E-state index contributed by atoms with van der Waals surface area (Å²) in [6.45, 7) is 12.6. The van der Waals surface area contributed by atoms with E-state index < -0.39 is 67.5 Å². The number of esters is 1. The molecule has 3 saturated heterocycles. The highest BCUT2D eigenvalue weighted by molar-refractivity contribution is 14.1. The second-order valence-corrected chi connectivity index (χ2v) is 17.0. The van der Waals surface area contributed by atoms with Crippen molar-refractivity contribution < 1.29 is 54.4 Å². The maximum absolute atomic E-state index is 11.6. The smallest absolute Gasteiger partial charge is 0.305 e. The van der Waals surface area contributed by atoms with Gasteiger partial charge in [-0.2, -0.15) is 0 Å². The lowest BCUT2D eigenvalue weighted by Crippen LogP contribution is -2.64. The zero-order valence-corrected chi connectivity index (χ0v) is 32.2. The van der Waals surface area contributed by atoms with Gasteiger partial charge in [0.25, 0.3) is 0 Å². The molecule has 11 nitrogen and oxygen atoms in total. The van der Waals surface area contributed by atoms with Crippen molar-refractivity contribution in [1.82, 2.24) is 0 Å². The Morgan fingerprint density at radius 3 is 2.37 bits per heavy atom. The molecule has 0 radical (unpaired) electrons. The molecule has 0 spiro atoms. The van der Waals surface area contributed by atoms with Gasteiger partial charge >= 0.3 is 5.97 Å². The van der Waals surface area contributed by atoms with E-state index >= 15 is 0 Å². The third-order valence-electron chi connectivity index (χ3n) is 12.5. The van der Waals surface area contributed by atoms with Crippen molar-refractivity contribution in [3.05, 3.63) is 12.2 Å². The van der Waals surface area contributed by atoms with E-state index in [-0.39, 0.29) is 41.3 Å². The molecule has 3 heterocycles. The van der Waals surface area contributed by atoms with E-state index in [4.69, 9.17) is 18.9 Å². The minimum absolute atomic E-state index is 0.0689. The van der Waals surface area contributed by atoms with Crippen LogP contribution in [0.3, 0.4) is 0 Å². The largest absolute Gasteiger partial charge is 0.469 e. The summed E-state index contributed by atoms with van der Waals surface area (Å²) in [7, 11) is 1.43. The van der Waals surface area contributed by atoms with Crippen LogP contribution in [0.1, 0.15) is 91.9 Å². The van der Waals surface area contributed by atoms with Gasteiger partial charge in [-0.3, -0.25) is 4.79 Å². The molecule has 0 aromatic heterocycles. The number of aliphatic hydroxyl groups excluding tert-OH is 6. The Balaban J connectivity index is 1.51. The van der Waals surface area contributed by atoms with Crippen LogP contribution < -0.4 is 0 Å². The summed E-state index contributed by atoms with van der Waals surface area (Å²) in [4.78, 5) is 11.6. The molecule has 49 heavy (non-hydrogen) atoms. The lowest BCUT2D eigenvalue weighted by molar-refractivity contribution is -0.260. The molecule has 15 atom stereocenters. The van der Waals surface area contributed by atoms with Crippen molar-refractivity contribution in [2.45, 2.75) is 153 Å². The van der Waals surface area contributed by atoms with Gasteiger partial charge in [0.15, 0.2) is 0 Å². The summed E-state index contributed by atoms with van der Waals surface area (Å²) < 4.78 is 25.1. The standard InChI is InChI=1S/C37H63IO11/c1-7-37(19-38)15-20(2)25(12-11-22(37)16-36(4,5)13-9-8-10-28(41)46-6)47-18-27-29(23-14-24(30(23)42)34(49-27)21(3)40)35-33(45)32(44)31(43)26(17-39)48-35/h21-27,29-35,39-40,42-45H,2,7-19H2,1,3-6H3/t21?,22-,23?,24?,25-,26-,27-,29+,30-,31+,32?,33?,34+,35-,37?/m0/s1. The van der Waals surface area contributed by atoms with Crippen LogP contribution in [0.25, 0.3) is 0 Å². The Kier molecular flexibility index (Phi) is 14.9. The van der Waals surface area contributed by atoms with E-state index in [0.717, 1.165) is 61.4 Å². The molecular weight excluding hydrogens is 747 g/mol. The third kappa shape index (κ3) is 9.21. The van der Waals surface area contributed by atoms with Gasteiger partial charge in [-0.15, -0.1) is 0 Å². The zero-order chi connectivity index (χ0) is 36.3. The minimum atomic E-state index is -1.55. The molecule has 5 rings (SSSR count). The Morgan fingerprint density at radius 1 is 1.06 bits per heavy atom. The molecule has 5 fully saturated rings. The molecule has 2 bridgehead atoms. The number of alkyl halides is 1. The number of ether oxygens (including phenoxy) is 4. The third-order valence-corrected chi connectivity index (χ3v) is 14.0. The van der Waals surface area contributed by atoms with Crippen LogP contribution in [0.5, 0.6) is 0 Å². The van der Waals surface area contributed by atoms with Crippen molar-refractivity contribution in [2.75, 3.05) is 24.8 Å². The fourth-order valence-corrected chi connectivity index (χ4v) is 10.8. The van der Waals surface area contributed by atoms with Gasteiger partial charge in [0, 0.05) is 22.7 Å². The van der Waals surface area contributed by atoms with Crippen LogP contribution in [0, 0.1) is 34.5 Å². The number of hydrogen-bond acceptors (Lipinski definition) is 11. The molecule has 0 amide bonds. The van der Waals surface area contributed by atoms with E-state index in [9.17, 15) is 35.4 Å². The van der Waals surface area contributed by atoms with E-state index in [1.807, 2.05) is 0 Å². The normalized spacial score (nSPS) is 42.1. The molecule has 0 aromatic carbocycles. The second kappa shape index (κ2) is 17.6. The Morgan fingerprint density at radius 2 is 1.78 bits per heavy atom.